The molecule has 3 atom stereocenters. The first kappa shape index (κ1) is 16.0. The summed E-state index contributed by atoms with van der Waals surface area (Å²) >= 11 is 1.80. The molecule has 0 bridgehead atoms. The van der Waals surface area contributed by atoms with Crippen molar-refractivity contribution in [3.8, 4) is 0 Å². The van der Waals surface area contributed by atoms with E-state index in [0.29, 0.717) is 0 Å². The van der Waals surface area contributed by atoms with Gasteiger partial charge in [-0.15, -0.1) is 11.3 Å². The van der Waals surface area contributed by atoms with Gasteiger partial charge in [-0.25, -0.2) is 4.98 Å². The fraction of sp³-hybridized carbons (Fsp3) is 0.824. The third-order valence-electron chi connectivity index (χ3n) is 4.80. The number of hydrogen-bond acceptors (Lipinski definition) is 3. The van der Waals surface area contributed by atoms with E-state index in [1.54, 1.807) is 11.3 Å². The van der Waals surface area contributed by atoms with Gasteiger partial charge < -0.3 is 5.32 Å². The molecule has 1 aliphatic rings. The van der Waals surface area contributed by atoms with Gasteiger partial charge in [0.25, 0.3) is 0 Å². The molecule has 1 aromatic heterocycles. The molecule has 1 saturated carbocycles. The van der Waals surface area contributed by atoms with Gasteiger partial charge in [0.05, 0.1) is 10.7 Å². The molecule has 0 radical (unpaired) electrons. The Bertz CT molecular complexity index is 386. The molecule has 2 nitrogen and oxygen atoms in total. The molecule has 1 aromatic rings. The van der Waals surface area contributed by atoms with Crippen molar-refractivity contribution < 1.29 is 0 Å². The summed E-state index contributed by atoms with van der Waals surface area (Å²) in [5, 5.41) is 7.12. The normalized spacial score (nSPS) is 26.9. The van der Waals surface area contributed by atoms with Gasteiger partial charge in [0, 0.05) is 5.38 Å². The van der Waals surface area contributed by atoms with Crippen molar-refractivity contribution in [2.24, 2.45) is 17.8 Å². The smallest absolute Gasteiger partial charge is 0.0897 e. The Hall–Kier alpha value is -0.410. The number of thiazole rings is 1. The zero-order valence-corrected chi connectivity index (χ0v) is 14.1. The van der Waals surface area contributed by atoms with E-state index in [0.717, 1.165) is 24.3 Å². The van der Waals surface area contributed by atoms with Crippen molar-refractivity contribution in [3.05, 3.63) is 16.1 Å². The Balaban J connectivity index is 1.94. The van der Waals surface area contributed by atoms with Crippen LogP contribution in [0.25, 0.3) is 0 Å². The molecule has 2 rings (SSSR count). The molecular formula is C17H30N2S. The van der Waals surface area contributed by atoms with Crippen LogP contribution in [0.4, 0.5) is 0 Å². The average Bonchev–Trinajstić information content (AvgIpc) is 2.86. The monoisotopic (exact) mass is 294 g/mol. The van der Waals surface area contributed by atoms with E-state index in [1.165, 1.54) is 55.8 Å². The lowest BCUT2D eigenvalue weighted by Gasteiger charge is -2.36. The van der Waals surface area contributed by atoms with Crippen molar-refractivity contribution in [1.29, 1.82) is 0 Å². The van der Waals surface area contributed by atoms with Crippen LogP contribution in [-0.4, -0.2) is 18.1 Å². The van der Waals surface area contributed by atoms with E-state index in [2.05, 4.69) is 36.5 Å². The molecule has 114 valence electrons. The molecule has 0 aliphatic heterocycles. The van der Waals surface area contributed by atoms with Crippen molar-refractivity contribution in [2.75, 3.05) is 13.1 Å². The predicted molar refractivity (Wildman–Crippen MR) is 88.3 cm³/mol. The minimum absolute atomic E-state index is 0.833. The summed E-state index contributed by atoms with van der Waals surface area (Å²) in [5.74, 6) is 2.63. The van der Waals surface area contributed by atoms with Gasteiger partial charge in [-0.2, -0.15) is 0 Å². The van der Waals surface area contributed by atoms with E-state index in [4.69, 9.17) is 0 Å². The number of aryl methyl sites for hydroxylation is 1. The first-order chi connectivity index (χ1) is 9.72. The average molecular weight is 295 g/mol. The Morgan fingerprint density at radius 3 is 2.80 bits per heavy atom. The standard InChI is InChI=1S/C17H30N2S/c1-4-8-18-11-15-7-6-14(5-2)9-16(15)10-17-12-20-13(3)19-17/h12,14-16,18H,4-11H2,1-3H3. The number of rotatable bonds is 7. The molecule has 3 heteroatoms. The highest BCUT2D eigenvalue weighted by Crippen LogP contribution is 2.37. The second-order valence-electron chi connectivity index (χ2n) is 6.37. The van der Waals surface area contributed by atoms with Crippen LogP contribution < -0.4 is 5.32 Å². The van der Waals surface area contributed by atoms with Gasteiger partial charge >= 0.3 is 0 Å². The van der Waals surface area contributed by atoms with Crippen LogP contribution >= 0.6 is 11.3 Å². The maximum atomic E-state index is 4.68. The second-order valence-corrected chi connectivity index (χ2v) is 7.44. The Morgan fingerprint density at radius 2 is 2.15 bits per heavy atom. The molecule has 1 heterocycles. The molecule has 3 unspecified atom stereocenters. The molecule has 1 fully saturated rings. The zero-order chi connectivity index (χ0) is 14.4. The van der Waals surface area contributed by atoms with E-state index in [-0.39, 0.29) is 0 Å². The Labute approximate surface area is 128 Å². The Morgan fingerprint density at radius 1 is 1.30 bits per heavy atom. The maximum Gasteiger partial charge on any atom is 0.0897 e. The van der Waals surface area contributed by atoms with Crippen molar-refractivity contribution >= 4 is 11.3 Å². The number of nitrogens with zero attached hydrogens (tertiary/aromatic N) is 1. The molecule has 0 aromatic carbocycles. The fourth-order valence-corrected chi connectivity index (χ4v) is 4.17. The molecule has 0 spiro atoms. The fourth-order valence-electron chi connectivity index (χ4n) is 3.55. The highest BCUT2D eigenvalue weighted by molar-refractivity contribution is 7.09. The van der Waals surface area contributed by atoms with Crippen LogP contribution in [0.15, 0.2) is 5.38 Å². The van der Waals surface area contributed by atoms with E-state index in [1.807, 2.05) is 0 Å². The quantitative estimate of drug-likeness (QED) is 0.752. The summed E-state index contributed by atoms with van der Waals surface area (Å²) in [6.07, 6.45) is 8.03. The Kier molecular flexibility index (Phi) is 6.50. The van der Waals surface area contributed by atoms with Gasteiger partial charge in [-0.05, 0) is 63.5 Å². The van der Waals surface area contributed by atoms with Crippen LogP contribution in [-0.2, 0) is 6.42 Å². The number of hydrogen-bond donors (Lipinski definition) is 1. The molecule has 20 heavy (non-hydrogen) atoms. The molecule has 1 N–H and O–H groups in total. The summed E-state index contributed by atoms with van der Waals surface area (Å²) in [6, 6.07) is 0. The maximum absolute atomic E-state index is 4.68. The number of aromatic nitrogens is 1. The van der Waals surface area contributed by atoms with Gasteiger partial charge in [-0.3, -0.25) is 0 Å². The lowest BCUT2D eigenvalue weighted by Crippen LogP contribution is -2.34. The topological polar surface area (TPSA) is 24.9 Å². The molecule has 0 amide bonds. The van der Waals surface area contributed by atoms with E-state index >= 15 is 0 Å². The summed E-state index contributed by atoms with van der Waals surface area (Å²) in [6.45, 7) is 9.08. The van der Waals surface area contributed by atoms with Crippen LogP contribution in [0, 0.1) is 24.7 Å². The first-order valence-corrected chi connectivity index (χ1v) is 9.22. The second kappa shape index (κ2) is 8.14. The number of nitrogens with one attached hydrogen (secondary N) is 1. The van der Waals surface area contributed by atoms with Crippen molar-refractivity contribution in [2.45, 2.75) is 59.3 Å². The van der Waals surface area contributed by atoms with Crippen LogP contribution in [0.5, 0.6) is 0 Å². The van der Waals surface area contributed by atoms with Gasteiger partial charge in [-0.1, -0.05) is 26.7 Å². The summed E-state index contributed by atoms with van der Waals surface area (Å²) < 4.78 is 0. The highest BCUT2D eigenvalue weighted by atomic mass is 32.1. The third-order valence-corrected chi connectivity index (χ3v) is 5.62. The lowest BCUT2D eigenvalue weighted by molar-refractivity contribution is 0.170. The molecule has 0 saturated heterocycles. The minimum atomic E-state index is 0.833. The van der Waals surface area contributed by atoms with E-state index < -0.39 is 0 Å². The van der Waals surface area contributed by atoms with Gasteiger partial charge in [0.15, 0.2) is 0 Å². The third kappa shape index (κ3) is 4.56. The van der Waals surface area contributed by atoms with Gasteiger partial charge in [0.1, 0.15) is 0 Å². The van der Waals surface area contributed by atoms with E-state index in [9.17, 15) is 0 Å². The largest absolute Gasteiger partial charge is 0.316 e. The van der Waals surface area contributed by atoms with Gasteiger partial charge in [0.2, 0.25) is 0 Å². The highest BCUT2D eigenvalue weighted by Gasteiger charge is 2.29. The summed E-state index contributed by atoms with van der Waals surface area (Å²) in [5.41, 5.74) is 1.33. The first-order valence-electron chi connectivity index (χ1n) is 8.34. The molecular weight excluding hydrogens is 264 g/mol. The van der Waals surface area contributed by atoms with Crippen LogP contribution in [0.3, 0.4) is 0 Å². The summed E-state index contributed by atoms with van der Waals surface area (Å²) in [4.78, 5) is 4.68. The summed E-state index contributed by atoms with van der Waals surface area (Å²) in [7, 11) is 0. The zero-order valence-electron chi connectivity index (χ0n) is 13.3. The van der Waals surface area contributed by atoms with Crippen LogP contribution in [0.2, 0.25) is 0 Å². The molecule has 1 aliphatic carbocycles. The van der Waals surface area contributed by atoms with Crippen molar-refractivity contribution in [3.63, 3.8) is 0 Å². The van der Waals surface area contributed by atoms with Crippen LogP contribution in [0.1, 0.15) is 56.7 Å². The SMILES string of the molecule is CCCNCC1CCC(CC)CC1Cc1csc(C)n1. The minimum Gasteiger partial charge on any atom is -0.316 e. The lowest BCUT2D eigenvalue weighted by atomic mass is 9.71. The van der Waals surface area contributed by atoms with Crippen molar-refractivity contribution in [1.82, 2.24) is 10.3 Å². The predicted octanol–water partition coefficient (Wildman–Crippen LogP) is 4.44.